The number of carbonyl (C=O) groups is 2. The van der Waals surface area contributed by atoms with Crippen molar-refractivity contribution in [3.63, 3.8) is 0 Å². The molecule has 0 aliphatic rings. The Labute approximate surface area is 180 Å². The maximum absolute atomic E-state index is 12.8. The van der Waals surface area contributed by atoms with Gasteiger partial charge in [0.25, 0.3) is 15.9 Å². The second-order valence-corrected chi connectivity index (χ2v) is 8.23. The summed E-state index contributed by atoms with van der Waals surface area (Å²) in [5, 5.41) is 5.32. The van der Waals surface area contributed by atoms with Gasteiger partial charge in [-0.15, -0.1) is 0 Å². The summed E-state index contributed by atoms with van der Waals surface area (Å²) < 4.78 is 33.3. The van der Waals surface area contributed by atoms with Crippen LogP contribution in [0.25, 0.3) is 0 Å². The highest BCUT2D eigenvalue weighted by molar-refractivity contribution is 7.92. The van der Waals surface area contributed by atoms with E-state index >= 15 is 0 Å². The molecule has 0 aliphatic carbocycles. The standard InChI is InChI=1S/C22H21N3O5S/c1-15(26)23-17-8-6-9-18(14-17)24-22(27)16-7-5-10-19(13-16)31(28,29)25-20-11-3-4-12-21(20)30-2/h3-14,25H,1-2H3,(H,23,26)(H,24,27). The van der Waals surface area contributed by atoms with Crippen LogP contribution in [0.5, 0.6) is 5.75 Å². The molecular weight excluding hydrogens is 418 g/mol. The van der Waals surface area contributed by atoms with Crippen molar-refractivity contribution in [1.82, 2.24) is 0 Å². The number of anilines is 3. The van der Waals surface area contributed by atoms with Crippen LogP contribution >= 0.6 is 0 Å². The van der Waals surface area contributed by atoms with Gasteiger partial charge in [0, 0.05) is 23.9 Å². The SMILES string of the molecule is COc1ccccc1NS(=O)(=O)c1cccc(C(=O)Nc2cccc(NC(C)=O)c2)c1. The molecule has 0 aliphatic heterocycles. The molecule has 0 fully saturated rings. The summed E-state index contributed by atoms with van der Waals surface area (Å²) in [7, 11) is -2.51. The second-order valence-electron chi connectivity index (χ2n) is 6.55. The molecule has 0 saturated carbocycles. The third kappa shape index (κ3) is 5.61. The van der Waals surface area contributed by atoms with E-state index in [0.717, 1.165) is 0 Å². The van der Waals surface area contributed by atoms with E-state index in [1.807, 2.05) is 0 Å². The minimum absolute atomic E-state index is 0.0712. The van der Waals surface area contributed by atoms with Gasteiger partial charge in [-0.1, -0.05) is 24.3 Å². The number of ether oxygens (including phenoxy) is 1. The molecule has 0 heterocycles. The summed E-state index contributed by atoms with van der Waals surface area (Å²) in [6.07, 6.45) is 0. The molecular formula is C22H21N3O5S. The summed E-state index contributed by atoms with van der Waals surface area (Å²) in [5.41, 5.74) is 1.43. The molecule has 0 radical (unpaired) electrons. The van der Waals surface area contributed by atoms with Crippen LogP contribution in [0.2, 0.25) is 0 Å². The Morgan fingerprint density at radius 1 is 0.839 bits per heavy atom. The van der Waals surface area contributed by atoms with E-state index < -0.39 is 15.9 Å². The van der Waals surface area contributed by atoms with Crippen molar-refractivity contribution in [3.8, 4) is 5.75 Å². The van der Waals surface area contributed by atoms with Gasteiger partial charge in [0.05, 0.1) is 17.7 Å². The maximum atomic E-state index is 12.8. The molecule has 0 aromatic heterocycles. The molecule has 0 spiro atoms. The van der Waals surface area contributed by atoms with Gasteiger partial charge in [-0.25, -0.2) is 8.42 Å². The summed E-state index contributed by atoms with van der Waals surface area (Å²) >= 11 is 0. The summed E-state index contributed by atoms with van der Waals surface area (Å²) in [6.45, 7) is 1.39. The number of carbonyl (C=O) groups excluding carboxylic acids is 2. The van der Waals surface area contributed by atoms with Crippen LogP contribution in [0, 0.1) is 0 Å². The van der Waals surface area contributed by atoms with Crippen molar-refractivity contribution in [1.29, 1.82) is 0 Å². The fourth-order valence-corrected chi connectivity index (χ4v) is 3.93. The molecule has 160 valence electrons. The molecule has 0 saturated heterocycles. The number of methoxy groups -OCH3 is 1. The topological polar surface area (TPSA) is 114 Å². The molecule has 9 heteroatoms. The van der Waals surface area contributed by atoms with E-state index in [2.05, 4.69) is 15.4 Å². The van der Waals surface area contributed by atoms with Gasteiger partial charge < -0.3 is 15.4 Å². The zero-order valence-electron chi connectivity index (χ0n) is 16.9. The zero-order valence-corrected chi connectivity index (χ0v) is 17.7. The van der Waals surface area contributed by atoms with Crippen LogP contribution in [0.4, 0.5) is 17.1 Å². The molecule has 31 heavy (non-hydrogen) atoms. The predicted molar refractivity (Wildman–Crippen MR) is 119 cm³/mol. The van der Waals surface area contributed by atoms with E-state index in [9.17, 15) is 18.0 Å². The first-order valence-corrected chi connectivity index (χ1v) is 10.7. The van der Waals surface area contributed by atoms with E-state index in [1.54, 1.807) is 48.5 Å². The Balaban J connectivity index is 1.81. The molecule has 2 amide bonds. The van der Waals surface area contributed by atoms with Crippen molar-refractivity contribution in [2.75, 3.05) is 22.5 Å². The first kappa shape index (κ1) is 21.8. The normalized spacial score (nSPS) is 10.8. The molecule has 3 aromatic carbocycles. The van der Waals surface area contributed by atoms with E-state index in [1.165, 1.54) is 38.3 Å². The Kier molecular flexibility index (Phi) is 6.56. The van der Waals surface area contributed by atoms with Crippen LogP contribution in [-0.2, 0) is 14.8 Å². The maximum Gasteiger partial charge on any atom is 0.262 e. The van der Waals surface area contributed by atoms with Crippen molar-refractivity contribution in [3.05, 3.63) is 78.4 Å². The molecule has 0 unspecified atom stereocenters. The number of hydrogen-bond acceptors (Lipinski definition) is 5. The van der Waals surface area contributed by atoms with Crippen LogP contribution in [-0.4, -0.2) is 27.3 Å². The van der Waals surface area contributed by atoms with Gasteiger partial charge in [-0.2, -0.15) is 0 Å². The summed E-state index contributed by atoms with van der Waals surface area (Å²) in [6, 6.07) is 18.9. The first-order chi connectivity index (χ1) is 14.8. The highest BCUT2D eigenvalue weighted by Crippen LogP contribution is 2.26. The van der Waals surface area contributed by atoms with Gasteiger partial charge in [-0.05, 0) is 48.5 Å². The molecule has 8 nitrogen and oxygen atoms in total. The lowest BCUT2D eigenvalue weighted by Crippen LogP contribution is -2.16. The highest BCUT2D eigenvalue weighted by Gasteiger charge is 2.18. The minimum Gasteiger partial charge on any atom is -0.495 e. The van der Waals surface area contributed by atoms with Crippen molar-refractivity contribution >= 4 is 38.9 Å². The number of benzene rings is 3. The molecule has 3 N–H and O–H groups in total. The Morgan fingerprint density at radius 2 is 1.52 bits per heavy atom. The minimum atomic E-state index is -3.95. The van der Waals surface area contributed by atoms with Crippen LogP contribution < -0.4 is 20.1 Å². The lowest BCUT2D eigenvalue weighted by Gasteiger charge is -2.12. The average Bonchev–Trinajstić information content (AvgIpc) is 2.74. The van der Waals surface area contributed by atoms with Gasteiger partial charge in [0.2, 0.25) is 5.91 Å². The smallest absolute Gasteiger partial charge is 0.262 e. The third-order valence-corrected chi connectivity index (χ3v) is 5.56. The number of hydrogen-bond donors (Lipinski definition) is 3. The van der Waals surface area contributed by atoms with Crippen LogP contribution in [0.15, 0.2) is 77.7 Å². The van der Waals surface area contributed by atoms with Gasteiger partial charge >= 0.3 is 0 Å². The second kappa shape index (κ2) is 9.31. The number of nitrogens with one attached hydrogen (secondary N) is 3. The van der Waals surface area contributed by atoms with Crippen molar-refractivity contribution < 1.29 is 22.7 Å². The number of sulfonamides is 1. The molecule has 3 aromatic rings. The van der Waals surface area contributed by atoms with Gasteiger partial charge in [0.15, 0.2) is 0 Å². The highest BCUT2D eigenvalue weighted by atomic mass is 32.2. The predicted octanol–water partition coefficient (Wildman–Crippen LogP) is 3.71. The number of rotatable bonds is 7. The summed E-state index contributed by atoms with van der Waals surface area (Å²) in [5.74, 6) is -0.350. The molecule has 0 atom stereocenters. The van der Waals surface area contributed by atoms with Crippen LogP contribution in [0.1, 0.15) is 17.3 Å². The van der Waals surface area contributed by atoms with Gasteiger partial charge in [0.1, 0.15) is 5.75 Å². The fourth-order valence-electron chi connectivity index (χ4n) is 2.82. The van der Waals surface area contributed by atoms with Crippen molar-refractivity contribution in [2.24, 2.45) is 0 Å². The average molecular weight is 439 g/mol. The fraction of sp³-hybridized carbons (Fsp3) is 0.0909. The lowest BCUT2D eigenvalue weighted by atomic mass is 10.2. The number of para-hydroxylation sites is 2. The first-order valence-electron chi connectivity index (χ1n) is 9.23. The monoisotopic (exact) mass is 439 g/mol. The number of amides is 2. The quantitative estimate of drug-likeness (QED) is 0.519. The van der Waals surface area contributed by atoms with Gasteiger partial charge in [-0.3, -0.25) is 14.3 Å². The molecule has 0 bridgehead atoms. The van der Waals surface area contributed by atoms with E-state index in [4.69, 9.17) is 4.74 Å². The summed E-state index contributed by atoms with van der Waals surface area (Å²) in [4.78, 5) is 23.8. The van der Waals surface area contributed by atoms with Crippen LogP contribution in [0.3, 0.4) is 0 Å². The Morgan fingerprint density at radius 3 is 2.23 bits per heavy atom. The molecule has 3 rings (SSSR count). The zero-order chi connectivity index (χ0) is 22.4. The van der Waals surface area contributed by atoms with Crippen molar-refractivity contribution in [2.45, 2.75) is 11.8 Å². The lowest BCUT2D eigenvalue weighted by molar-refractivity contribution is -0.114. The van der Waals surface area contributed by atoms with E-state index in [-0.39, 0.29) is 22.1 Å². The Bertz CT molecular complexity index is 1230. The van der Waals surface area contributed by atoms with E-state index in [0.29, 0.717) is 17.1 Å². The third-order valence-electron chi connectivity index (χ3n) is 4.20. The largest absolute Gasteiger partial charge is 0.495 e. The Hall–Kier alpha value is -3.85.